The molecule has 7 nitrogen and oxygen atoms in total. The van der Waals surface area contributed by atoms with Gasteiger partial charge in [-0.2, -0.15) is 22.0 Å². The van der Waals surface area contributed by atoms with Gasteiger partial charge < -0.3 is 4.74 Å². The van der Waals surface area contributed by atoms with Gasteiger partial charge in [0.2, 0.25) is 0 Å². The normalized spacial score (nSPS) is 12.6. The molecule has 14 heteroatoms. The quantitative estimate of drug-likeness (QED) is 0.431. The van der Waals surface area contributed by atoms with E-state index in [0.717, 1.165) is 0 Å². The molecule has 0 amide bonds. The largest absolute Gasteiger partial charge is 0.449 e. The molecule has 148 valence electrons. The highest BCUT2D eigenvalue weighted by Crippen LogP contribution is 2.40. The molecule has 0 saturated carbocycles. The Hall–Kier alpha value is -2.93. The Morgan fingerprint density at radius 1 is 1.30 bits per heavy atom. The minimum absolute atomic E-state index is 0.00484. The number of ether oxygens (including phenoxy) is 1. The molecule has 0 spiro atoms. The molecule has 0 fully saturated rings. The summed E-state index contributed by atoms with van der Waals surface area (Å²) in [7, 11) is 0. The van der Waals surface area contributed by atoms with Gasteiger partial charge in [0, 0.05) is 6.07 Å². The van der Waals surface area contributed by atoms with E-state index >= 15 is 0 Å². The van der Waals surface area contributed by atoms with Crippen molar-refractivity contribution in [3.8, 4) is 0 Å². The average molecular weight is 403 g/mol. The molecule has 0 atom stereocenters. The van der Waals surface area contributed by atoms with Crippen LogP contribution >= 0.6 is 0 Å². The van der Waals surface area contributed by atoms with Gasteiger partial charge in [-0.3, -0.25) is 10.1 Å². The fraction of sp³-hybridized carbons (Fsp3) is 0.385. The number of non-ortho nitro benzene ring substituents is 1. The second kappa shape index (κ2) is 6.66. The summed E-state index contributed by atoms with van der Waals surface area (Å²) in [5.74, 6) is -7.08. The molecule has 0 bridgehead atoms. The molecule has 2 aromatic rings. The summed E-state index contributed by atoms with van der Waals surface area (Å²) in [5.41, 5.74) is -5.28. The highest BCUT2D eigenvalue weighted by atomic mass is 19.4. The van der Waals surface area contributed by atoms with Crippen LogP contribution in [0.1, 0.15) is 18.3 Å². The third-order valence-electron chi connectivity index (χ3n) is 3.29. The molecule has 1 heterocycles. The van der Waals surface area contributed by atoms with Crippen molar-refractivity contribution in [1.82, 2.24) is 9.55 Å². The highest BCUT2D eigenvalue weighted by molar-refractivity contribution is 5.93. The summed E-state index contributed by atoms with van der Waals surface area (Å²) < 4.78 is 96.0. The number of benzene rings is 1. The Kier molecular flexibility index (Phi) is 5.03. The molecular formula is C13H8F7N3O4. The Labute approximate surface area is 144 Å². The number of carbonyl (C=O) groups excluding carboxylic acids is 1. The van der Waals surface area contributed by atoms with Gasteiger partial charge in [0.25, 0.3) is 5.69 Å². The van der Waals surface area contributed by atoms with Gasteiger partial charge in [0.05, 0.1) is 22.6 Å². The van der Waals surface area contributed by atoms with Crippen LogP contribution in [0, 0.1) is 10.1 Å². The number of hydrogen-bond acceptors (Lipinski definition) is 5. The van der Waals surface area contributed by atoms with Gasteiger partial charge >= 0.3 is 24.6 Å². The van der Waals surface area contributed by atoms with Crippen molar-refractivity contribution in [1.29, 1.82) is 0 Å². The molecule has 2 rings (SSSR count). The number of fused-ring (bicyclic) bond motifs is 1. The van der Waals surface area contributed by atoms with Crippen LogP contribution < -0.4 is 0 Å². The van der Waals surface area contributed by atoms with Gasteiger partial charge in [0.1, 0.15) is 0 Å². The summed E-state index contributed by atoms with van der Waals surface area (Å²) in [6.07, 6.45) is -11.3. The maximum absolute atomic E-state index is 13.8. The summed E-state index contributed by atoms with van der Waals surface area (Å²) in [4.78, 5) is 24.6. The number of aromatic nitrogens is 2. The first kappa shape index (κ1) is 20.4. The third kappa shape index (κ3) is 3.50. The SMILES string of the molecule is CCOC(=O)n1c(C(F)(F)C(F)F)nc2c([N+](=O)[O-])cc(C(F)(F)F)cc21. The number of alkyl halides is 7. The van der Waals surface area contributed by atoms with Crippen LogP contribution in [0.5, 0.6) is 0 Å². The lowest BCUT2D eigenvalue weighted by molar-refractivity contribution is -0.383. The maximum Gasteiger partial charge on any atom is 0.420 e. The summed E-state index contributed by atoms with van der Waals surface area (Å²) in [6, 6.07) is 0.104. The van der Waals surface area contributed by atoms with Gasteiger partial charge in [-0.15, -0.1) is 0 Å². The number of imidazole rings is 1. The van der Waals surface area contributed by atoms with Crippen LogP contribution in [-0.4, -0.2) is 33.6 Å². The van der Waals surface area contributed by atoms with E-state index in [-0.39, 0.29) is 16.7 Å². The van der Waals surface area contributed by atoms with E-state index in [9.17, 15) is 45.6 Å². The van der Waals surface area contributed by atoms with Gasteiger partial charge in [-0.05, 0) is 13.0 Å². The molecule has 0 radical (unpaired) electrons. The van der Waals surface area contributed by atoms with Crippen molar-refractivity contribution < 1.29 is 45.2 Å². The molecule has 0 aliphatic rings. The smallest absolute Gasteiger partial charge is 0.420 e. The van der Waals surface area contributed by atoms with Crippen molar-refractivity contribution in [2.75, 3.05) is 6.61 Å². The molecule has 0 unspecified atom stereocenters. The lowest BCUT2D eigenvalue weighted by atomic mass is 10.1. The number of carbonyl (C=O) groups is 1. The van der Waals surface area contributed by atoms with Crippen LogP contribution in [0.3, 0.4) is 0 Å². The van der Waals surface area contributed by atoms with E-state index in [2.05, 4.69) is 9.72 Å². The molecular weight excluding hydrogens is 395 g/mol. The van der Waals surface area contributed by atoms with E-state index in [1.165, 1.54) is 6.92 Å². The van der Waals surface area contributed by atoms with Crippen LogP contribution in [0.4, 0.5) is 41.2 Å². The number of nitro groups is 1. The zero-order chi connectivity index (χ0) is 20.7. The Morgan fingerprint density at radius 2 is 1.89 bits per heavy atom. The number of halogens is 7. The molecule has 27 heavy (non-hydrogen) atoms. The fourth-order valence-electron chi connectivity index (χ4n) is 2.16. The molecule has 1 aromatic heterocycles. The monoisotopic (exact) mass is 403 g/mol. The Morgan fingerprint density at radius 3 is 2.33 bits per heavy atom. The van der Waals surface area contributed by atoms with Crippen LogP contribution in [-0.2, 0) is 16.8 Å². The third-order valence-corrected chi connectivity index (χ3v) is 3.29. The van der Waals surface area contributed by atoms with Gasteiger partial charge in [-0.1, -0.05) is 0 Å². The van der Waals surface area contributed by atoms with E-state index in [4.69, 9.17) is 0 Å². The lowest BCUT2D eigenvalue weighted by Crippen LogP contribution is -2.30. The van der Waals surface area contributed by atoms with Crippen LogP contribution in [0.15, 0.2) is 12.1 Å². The van der Waals surface area contributed by atoms with Crippen LogP contribution in [0.25, 0.3) is 11.0 Å². The summed E-state index contributed by atoms with van der Waals surface area (Å²) >= 11 is 0. The predicted octanol–water partition coefficient (Wildman–Crippen LogP) is 4.32. The van der Waals surface area contributed by atoms with E-state index < -0.39 is 64.3 Å². The first-order valence-corrected chi connectivity index (χ1v) is 6.94. The van der Waals surface area contributed by atoms with E-state index in [0.29, 0.717) is 0 Å². The summed E-state index contributed by atoms with van der Waals surface area (Å²) in [5, 5.41) is 11.0. The summed E-state index contributed by atoms with van der Waals surface area (Å²) in [6.45, 7) is 0.769. The van der Waals surface area contributed by atoms with Crippen molar-refractivity contribution in [2.45, 2.75) is 25.4 Å². The number of nitro benzene ring substituents is 1. The first-order chi connectivity index (χ1) is 12.3. The number of hydrogen-bond donors (Lipinski definition) is 0. The second-order valence-corrected chi connectivity index (χ2v) is 5.01. The lowest BCUT2D eigenvalue weighted by Gasteiger charge is -2.16. The molecule has 0 saturated heterocycles. The predicted molar refractivity (Wildman–Crippen MR) is 73.7 cm³/mol. The first-order valence-electron chi connectivity index (χ1n) is 6.94. The van der Waals surface area contributed by atoms with Crippen molar-refractivity contribution in [3.05, 3.63) is 33.6 Å². The maximum atomic E-state index is 13.8. The molecule has 1 aromatic carbocycles. The molecule has 0 aliphatic carbocycles. The number of nitrogens with zero attached hydrogens (tertiary/aromatic N) is 3. The van der Waals surface area contributed by atoms with Gasteiger partial charge in [-0.25, -0.2) is 23.1 Å². The fourth-order valence-corrected chi connectivity index (χ4v) is 2.16. The standard InChI is InChI=1S/C13H8F7N3O4/c1-2-27-11(24)22-6-3-5(13(18,19)20)4-7(23(25)26)8(6)21-10(22)12(16,17)9(14)15/h3-4,9H,2H2,1H3. The van der Waals surface area contributed by atoms with Crippen molar-refractivity contribution >= 4 is 22.8 Å². The highest BCUT2D eigenvalue weighted by Gasteiger charge is 2.49. The van der Waals surface area contributed by atoms with E-state index in [1.54, 1.807) is 0 Å². The minimum Gasteiger partial charge on any atom is -0.449 e. The van der Waals surface area contributed by atoms with E-state index in [1.807, 2.05) is 0 Å². The zero-order valence-electron chi connectivity index (χ0n) is 13.1. The average Bonchev–Trinajstić information content (AvgIpc) is 2.93. The van der Waals surface area contributed by atoms with Crippen molar-refractivity contribution in [3.63, 3.8) is 0 Å². The van der Waals surface area contributed by atoms with Crippen molar-refractivity contribution in [2.24, 2.45) is 0 Å². The minimum atomic E-state index is -5.16. The Bertz CT molecular complexity index is 907. The molecule has 0 aliphatic heterocycles. The second-order valence-electron chi connectivity index (χ2n) is 5.01. The topological polar surface area (TPSA) is 87.3 Å². The van der Waals surface area contributed by atoms with Crippen LogP contribution in [0.2, 0.25) is 0 Å². The van der Waals surface area contributed by atoms with Gasteiger partial charge in [0.15, 0.2) is 11.3 Å². The number of rotatable bonds is 4. The molecule has 0 N–H and O–H groups in total. The Balaban J connectivity index is 3.00. The zero-order valence-corrected chi connectivity index (χ0v) is 13.1.